The van der Waals surface area contributed by atoms with Gasteiger partial charge in [-0.25, -0.2) is 9.97 Å². The van der Waals surface area contributed by atoms with Gasteiger partial charge in [-0.3, -0.25) is 0 Å². The van der Waals surface area contributed by atoms with E-state index in [2.05, 4.69) is 25.1 Å². The summed E-state index contributed by atoms with van der Waals surface area (Å²) in [6.07, 6.45) is 7.19. The number of thioether (sulfide) groups is 1. The molecule has 0 unspecified atom stereocenters. The molecule has 1 saturated heterocycles. The monoisotopic (exact) mass is 248 g/mol. The zero-order valence-corrected chi connectivity index (χ0v) is 10.2. The first-order valence-electron chi connectivity index (χ1n) is 5.34. The van der Waals surface area contributed by atoms with Gasteiger partial charge in [0, 0.05) is 19.3 Å². The van der Waals surface area contributed by atoms with E-state index >= 15 is 0 Å². The van der Waals surface area contributed by atoms with E-state index in [1.807, 2.05) is 12.3 Å². The highest BCUT2D eigenvalue weighted by Gasteiger charge is 2.30. The van der Waals surface area contributed by atoms with Crippen molar-refractivity contribution in [1.82, 2.24) is 25.0 Å². The van der Waals surface area contributed by atoms with Gasteiger partial charge in [-0.2, -0.15) is 15.0 Å². The van der Waals surface area contributed by atoms with E-state index in [9.17, 15) is 0 Å². The van der Waals surface area contributed by atoms with Gasteiger partial charge in [-0.15, -0.1) is 0 Å². The Labute approximate surface area is 103 Å². The summed E-state index contributed by atoms with van der Waals surface area (Å²) in [5, 5.41) is 9.09. The smallest absolute Gasteiger partial charge is 0.189 e. The third-order valence-electron chi connectivity index (χ3n) is 2.75. The third kappa shape index (κ3) is 1.97. The maximum atomic E-state index is 4.46. The van der Waals surface area contributed by atoms with Gasteiger partial charge in [0.15, 0.2) is 5.16 Å². The van der Waals surface area contributed by atoms with Gasteiger partial charge in [0.25, 0.3) is 0 Å². The van der Waals surface area contributed by atoms with E-state index in [-0.39, 0.29) is 0 Å². The molecule has 1 fully saturated rings. The first-order valence-corrected chi connectivity index (χ1v) is 6.57. The lowest BCUT2D eigenvalue weighted by Gasteiger charge is -2.39. The number of hydrogen-bond acceptors (Lipinski definition) is 6. The van der Waals surface area contributed by atoms with E-state index in [0.717, 1.165) is 24.1 Å². The molecule has 2 aromatic rings. The number of hydrogen-bond donors (Lipinski definition) is 0. The molecule has 88 valence electrons. The maximum absolute atomic E-state index is 4.46. The molecule has 0 N–H and O–H groups in total. The van der Waals surface area contributed by atoms with E-state index in [1.54, 1.807) is 35.1 Å². The molecule has 2 aromatic heterocycles. The van der Waals surface area contributed by atoms with Crippen LogP contribution in [-0.2, 0) is 0 Å². The Morgan fingerprint density at radius 2 is 2.00 bits per heavy atom. The van der Waals surface area contributed by atoms with E-state index in [4.69, 9.17) is 0 Å². The van der Waals surface area contributed by atoms with Gasteiger partial charge in [-0.1, -0.05) is 11.8 Å². The zero-order valence-electron chi connectivity index (χ0n) is 9.39. The Morgan fingerprint density at radius 3 is 2.71 bits per heavy atom. The third-order valence-corrected chi connectivity index (χ3v) is 3.31. The fourth-order valence-corrected chi connectivity index (χ4v) is 2.16. The number of nitrogens with zero attached hydrogens (tertiary/aromatic N) is 6. The summed E-state index contributed by atoms with van der Waals surface area (Å²) < 4.78 is 0. The molecule has 0 aromatic carbocycles. The van der Waals surface area contributed by atoms with Crippen molar-refractivity contribution in [2.45, 2.75) is 11.2 Å². The van der Waals surface area contributed by atoms with Crippen LogP contribution in [0.25, 0.3) is 0 Å². The van der Waals surface area contributed by atoms with Crippen LogP contribution in [0.1, 0.15) is 6.04 Å². The van der Waals surface area contributed by atoms with Crippen molar-refractivity contribution in [3.63, 3.8) is 0 Å². The predicted octanol–water partition coefficient (Wildman–Crippen LogP) is 0.851. The second kappa shape index (κ2) is 4.33. The van der Waals surface area contributed by atoms with E-state index in [0.29, 0.717) is 6.04 Å². The molecule has 17 heavy (non-hydrogen) atoms. The van der Waals surface area contributed by atoms with Crippen LogP contribution in [0.5, 0.6) is 0 Å². The van der Waals surface area contributed by atoms with Gasteiger partial charge >= 0.3 is 0 Å². The maximum Gasteiger partial charge on any atom is 0.189 e. The quantitative estimate of drug-likeness (QED) is 0.593. The standard InChI is InChI=1S/C10H12N6S/c1-17-10-11-3-2-9(14-10)15-6-8(7-15)16-12-4-5-13-16/h2-5,8H,6-7H2,1H3. The molecule has 0 spiro atoms. The van der Waals surface area contributed by atoms with E-state index in [1.165, 1.54) is 0 Å². The summed E-state index contributed by atoms with van der Waals surface area (Å²) >= 11 is 1.55. The predicted molar refractivity (Wildman–Crippen MR) is 65.1 cm³/mol. The van der Waals surface area contributed by atoms with Crippen molar-refractivity contribution >= 4 is 17.6 Å². The summed E-state index contributed by atoms with van der Waals surface area (Å²) in [6, 6.07) is 2.30. The Bertz CT molecular complexity index is 493. The van der Waals surface area contributed by atoms with Crippen LogP contribution in [-0.4, -0.2) is 44.3 Å². The topological polar surface area (TPSA) is 59.7 Å². The summed E-state index contributed by atoms with van der Waals surface area (Å²) in [7, 11) is 0. The van der Waals surface area contributed by atoms with Crippen molar-refractivity contribution in [2.24, 2.45) is 0 Å². The summed E-state index contributed by atoms with van der Waals surface area (Å²) in [4.78, 5) is 12.6. The van der Waals surface area contributed by atoms with Crippen LogP contribution < -0.4 is 4.90 Å². The minimum atomic E-state index is 0.359. The molecule has 0 atom stereocenters. The molecule has 3 heterocycles. The first kappa shape index (κ1) is 10.5. The van der Waals surface area contributed by atoms with Crippen molar-refractivity contribution in [1.29, 1.82) is 0 Å². The lowest BCUT2D eigenvalue weighted by Crippen LogP contribution is -2.48. The van der Waals surface area contributed by atoms with E-state index < -0.39 is 0 Å². The second-order valence-electron chi connectivity index (χ2n) is 3.81. The average molecular weight is 248 g/mol. The molecule has 1 aliphatic rings. The Balaban J connectivity index is 1.68. The van der Waals surface area contributed by atoms with Gasteiger partial charge in [-0.05, 0) is 12.3 Å². The summed E-state index contributed by atoms with van der Waals surface area (Å²) in [6.45, 7) is 1.80. The molecule has 0 amide bonds. The normalized spacial score (nSPS) is 15.9. The SMILES string of the molecule is CSc1nccc(N2CC(n3nccn3)C2)n1. The molecule has 7 heteroatoms. The average Bonchev–Trinajstić information content (AvgIpc) is 2.81. The zero-order chi connectivity index (χ0) is 11.7. The highest BCUT2D eigenvalue weighted by Crippen LogP contribution is 2.25. The number of aromatic nitrogens is 5. The van der Waals surface area contributed by atoms with Crippen LogP contribution in [0.4, 0.5) is 5.82 Å². The lowest BCUT2D eigenvalue weighted by atomic mass is 10.1. The van der Waals surface area contributed by atoms with Gasteiger partial charge in [0.05, 0.1) is 12.4 Å². The van der Waals surface area contributed by atoms with Gasteiger partial charge in [0.1, 0.15) is 11.9 Å². The minimum Gasteiger partial charge on any atom is -0.352 e. The van der Waals surface area contributed by atoms with Crippen LogP contribution in [0.2, 0.25) is 0 Å². The number of anilines is 1. The molecule has 0 radical (unpaired) electrons. The molecule has 3 rings (SSSR count). The van der Waals surface area contributed by atoms with Crippen molar-refractivity contribution in [3.8, 4) is 0 Å². The first-order chi connectivity index (χ1) is 8.36. The van der Waals surface area contributed by atoms with Crippen molar-refractivity contribution in [3.05, 3.63) is 24.7 Å². The Kier molecular flexibility index (Phi) is 2.68. The van der Waals surface area contributed by atoms with Crippen molar-refractivity contribution in [2.75, 3.05) is 24.2 Å². The fourth-order valence-electron chi connectivity index (χ4n) is 1.81. The van der Waals surface area contributed by atoms with Crippen LogP contribution in [0.3, 0.4) is 0 Å². The van der Waals surface area contributed by atoms with Gasteiger partial charge in [0.2, 0.25) is 0 Å². The molecular weight excluding hydrogens is 236 g/mol. The molecule has 6 nitrogen and oxygen atoms in total. The summed E-state index contributed by atoms with van der Waals surface area (Å²) in [5.41, 5.74) is 0. The molecule has 0 aliphatic carbocycles. The molecule has 0 bridgehead atoms. The highest BCUT2D eigenvalue weighted by molar-refractivity contribution is 7.98. The summed E-state index contributed by atoms with van der Waals surface area (Å²) in [5.74, 6) is 0.979. The fraction of sp³-hybridized carbons (Fsp3) is 0.400. The van der Waals surface area contributed by atoms with Crippen LogP contribution in [0, 0.1) is 0 Å². The highest BCUT2D eigenvalue weighted by atomic mass is 32.2. The van der Waals surface area contributed by atoms with Crippen LogP contribution in [0.15, 0.2) is 29.8 Å². The van der Waals surface area contributed by atoms with Crippen molar-refractivity contribution < 1.29 is 0 Å². The largest absolute Gasteiger partial charge is 0.352 e. The molecular formula is C10H12N6S. The Hall–Kier alpha value is -1.63. The minimum absolute atomic E-state index is 0.359. The molecule has 1 aliphatic heterocycles. The van der Waals surface area contributed by atoms with Crippen LogP contribution >= 0.6 is 11.8 Å². The van der Waals surface area contributed by atoms with Gasteiger partial charge < -0.3 is 4.90 Å². The second-order valence-corrected chi connectivity index (χ2v) is 4.58. The Morgan fingerprint density at radius 1 is 1.24 bits per heavy atom. The molecule has 0 saturated carbocycles. The number of rotatable bonds is 3. The lowest BCUT2D eigenvalue weighted by molar-refractivity contribution is 0.330.